The maximum absolute atomic E-state index is 13.0. The van der Waals surface area contributed by atoms with Crippen molar-refractivity contribution < 1.29 is 14.3 Å². The number of carbonyl (C=O) groups excluding carboxylic acids is 1. The molecule has 1 fully saturated rings. The Morgan fingerprint density at radius 3 is 2.81 bits per heavy atom. The van der Waals surface area contributed by atoms with E-state index in [1.165, 1.54) is 24.6 Å². The largest absolute Gasteiger partial charge is 0.396 e. The van der Waals surface area contributed by atoms with Gasteiger partial charge in [0, 0.05) is 19.2 Å². The third-order valence-electron chi connectivity index (χ3n) is 3.75. The van der Waals surface area contributed by atoms with Crippen LogP contribution >= 0.6 is 11.6 Å². The van der Waals surface area contributed by atoms with Gasteiger partial charge in [-0.2, -0.15) is 0 Å². The minimum atomic E-state index is -0.433. The summed E-state index contributed by atoms with van der Waals surface area (Å²) in [6.07, 6.45) is 4.03. The molecule has 0 saturated heterocycles. The summed E-state index contributed by atoms with van der Waals surface area (Å²) in [5.74, 6) is -0.606. The molecule has 1 aromatic carbocycles. The fourth-order valence-corrected chi connectivity index (χ4v) is 2.60. The molecule has 0 atom stereocenters. The second-order valence-electron chi connectivity index (χ2n) is 5.30. The van der Waals surface area contributed by atoms with Crippen LogP contribution in [0.1, 0.15) is 25.7 Å². The number of anilines is 1. The van der Waals surface area contributed by atoms with Gasteiger partial charge in [0.05, 0.1) is 17.3 Å². The molecule has 0 heterocycles. The van der Waals surface area contributed by atoms with Crippen LogP contribution in [0.4, 0.5) is 10.1 Å². The molecular formula is C15H20ClFN2O2. The number of benzene rings is 1. The van der Waals surface area contributed by atoms with Crippen LogP contribution < -0.4 is 5.32 Å². The summed E-state index contributed by atoms with van der Waals surface area (Å²) in [5, 5.41) is 11.8. The van der Waals surface area contributed by atoms with Crippen LogP contribution in [0.2, 0.25) is 5.02 Å². The van der Waals surface area contributed by atoms with E-state index in [0.29, 0.717) is 24.7 Å². The van der Waals surface area contributed by atoms with Crippen molar-refractivity contribution in [1.29, 1.82) is 0 Å². The van der Waals surface area contributed by atoms with Gasteiger partial charge in [-0.15, -0.1) is 0 Å². The Hall–Kier alpha value is -1.17. The van der Waals surface area contributed by atoms with Gasteiger partial charge in [0.1, 0.15) is 5.82 Å². The monoisotopic (exact) mass is 314 g/mol. The van der Waals surface area contributed by atoms with E-state index in [4.69, 9.17) is 16.7 Å². The normalized spacial score (nSPS) is 15.0. The molecule has 1 aromatic rings. The highest BCUT2D eigenvalue weighted by Crippen LogP contribution is 2.25. The number of hydrogen-bond acceptors (Lipinski definition) is 3. The van der Waals surface area contributed by atoms with Gasteiger partial charge in [-0.05, 0) is 37.5 Å². The topological polar surface area (TPSA) is 52.6 Å². The molecule has 1 aliphatic rings. The molecule has 1 aliphatic carbocycles. The van der Waals surface area contributed by atoms with E-state index in [-0.39, 0.29) is 24.1 Å². The number of hydrogen-bond donors (Lipinski definition) is 2. The number of aliphatic hydroxyl groups excluding tert-OH is 1. The molecule has 6 heteroatoms. The number of rotatable bonds is 7. The molecule has 0 unspecified atom stereocenters. The van der Waals surface area contributed by atoms with E-state index in [1.807, 2.05) is 0 Å². The zero-order valence-electron chi connectivity index (χ0n) is 11.8. The minimum absolute atomic E-state index is 0.120. The number of amides is 1. The third kappa shape index (κ3) is 4.66. The maximum atomic E-state index is 13.0. The first kappa shape index (κ1) is 16.2. The highest BCUT2D eigenvalue weighted by Gasteiger charge is 2.26. The molecule has 4 nitrogen and oxygen atoms in total. The first-order valence-corrected chi connectivity index (χ1v) is 7.58. The van der Waals surface area contributed by atoms with Crippen LogP contribution in [0, 0.1) is 5.82 Å². The van der Waals surface area contributed by atoms with Crippen LogP contribution in [0.3, 0.4) is 0 Å². The average Bonchev–Trinajstić information content (AvgIpc) is 2.37. The average molecular weight is 315 g/mol. The maximum Gasteiger partial charge on any atom is 0.238 e. The first-order valence-electron chi connectivity index (χ1n) is 7.20. The van der Waals surface area contributed by atoms with E-state index in [1.54, 1.807) is 0 Å². The van der Waals surface area contributed by atoms with E-state index in [0.717, 1.165) is 12.8 Å². The number of nitrogens with zero attached hydrogens (tertiary/aromatic N) is 1. The molecule has 2 N–H and O–H groups in total. The highest BCUT2D eigenvalue weighted by molar-refractivity contribution is 6.33. The van der Waals surface area contributed by atoms with Gasteiger partial charge in [0.2, 0.25) is 5.91 Å². The lowest BCUT2D eigenvalue weighted by Gasteiger charge is -2.37. The summed E-state index contributed by atoms with van der Waals surface area (Å²) in [4.78, 5) is 14.2. The van der Waals surface area contributed by atoms with Crippen molar-refractivity contribution in [2.75, 3.05) is 25.0 Å². The van der Waals surface area contributed by atoms with E-state index in [9.17, 15) is 9.18 Å². The van der Waals surface area contributed by atoms with Gasteiger partial charge < -0.3 is 10.4 Å². The number of halogens is 2. The van der Waals surface area contributed by atoms with E-state index in [2.05, 4.69) is 10.2 Å². The number of carbonyl (C=O) groups is 1. The molecular weight excluding hydrogens is 295 g/mol. The summed E-state index contributed by atoms with van der Waals surface area (Å²) in [6, 6.07) is 4.31. The molecule has 1 saturated carbocycles. The van der Waals surface area contributed by atoms with Gasteiger partial charge in [-0.3, -0.25) is 9.69 Å². The molecule has 1 amide bonds. The minimum Gasteiger partial charge on any atom is -0.396 e. The Labute approximate surface area is 128 Å². The number of aliphatic hydroxyl groups is 1. The van der Waals surface area contributed by atoms with E-state index >= 15 is 0 Å². The summed E-state index contributed by atoms with van der Waals surface area (Å²) in [6.45, 7) is 1.08. The van der Waals surface area contributed by atoms with Gasteiger partial charge in [-0.1, -0.05) is 18.0 Å². The Kier molecular flexibility index (Phi) is 5.96. The van der Waals surface area contributed by atoms with Crippen LogP contribution in [0.15, 0.2) is 18.2 Å². The molecule has 0 bridgehead atoms. The lowest BCUT2D eigenvalue weighted by molar-refractivity contribution is -0.118. The molecule has 0 spiro atoms. The summed E-state index contributed by atoms with van der Waals surface area (Å²) in [7, 11) is 0. The van der Waals surface area contributed by atoms with Crippen LogP contribution in [-0.4, -0.2) is 41.7 Å². The van der Waals surface area contributed by atoms with Gasteiger partial charge in [0.15, 0.2) is 0 Å². The second-order valence-corrected chi connectivity index (χ2v) is 5.71. The first-order chi connectivity index (χ1) is 10.1. The predicted octanol–water partition coefficient (Wildman–Crippen LogP) is 2.65. The van der Waals surface area contributed by atoms with Crippen LogP contribution in [0.5, 0.6) is 0 Å². The fraction of sp³-hybridized carbons (Fsp3) is 0.533. The Bertz CT molecular complexity index is 495. The SMILES string of the molecule is O=C(CN(CCCO)C1CCC1)Nc1ccc(F)cc1Cl. The zero-order valence-corrected chi connectivity index (χ0v) is 12.6. The van der Waals surface area contributed by atoms with Crippen molar-refractivity contribution in [2.45, 2.75) is 31.7 Å². The molecule has 0 aliphatic heterocycles. The lowest BCUT2D eigenvalue weighted by Crippen LogP contribution is -2.45. The second kappa shape index (κ2) is 7.73. The van der Waals surface area contributed by atoms with Gasteiger partial charge >= 0.3 is 0 Å². The summed E-state index contributed by atoms with van der Waals surface area (Å²) >= 11 is 5.89. The van der Waals surface area contributed by atoms with Crippen molar-refractivity contribution in [2.24, 2.45) is 0 Å². The Morgan fingerprint density at radius 1 is 1.48 bits per heavy atom. The molecule has 116 valence electrons. The third-order valence-corrected chi connectivity index (χ3v) is 4.06. The van der Waals surface area contributed by atoms with Crippen molar-refractivity contribution in [1.82, 2.24) is 4.90 Å². The highest BCUT2D eigenvalue weighted by atomic mass is 35.5. The molecule has 2 rings (SSSR count). The standard InChI is InChI=1S/C15H20ClFN2O2/c16-13-9-11(17)5-6-14(13)18-15(21)10-19(7-2-8-20)12-3-1-4-12/h5-6,9,12,20H,1-4,7-8,10H2,(H,18,21). The van der Waals surface area contributed by atoms with Crippen molar-refractivity contribution >= 4 is 23.2 Å². The van der Waals surface area contributed by atoms with Gasteiger partial charge in [-0.25, -0.2) is 4.39 Å². The molecule has 21 heavy (non-hydrogen) atoms. The summed E-state index contributed by atoms with van der Waals surface area (Å²) < 4.78 is 13.0. The van der Waals surface area contributed by atoms with Crippen molar-refractivity contribution in [3.05, 3.63) is 29.0 Å². The molecule has 0 radical (unpaired) electrons. The predicted molar refractivity (Wildman–Crippen MR) is 81.0 cm³/mol. The van der Waals surface area contributed by atoms with Crippen molar-refractivity contribution in [3.8, 4) is 0 Å². The molecule has 0 aromatic heterocycles. The zero-order chi connectivity index (χ0) is 15.2. The fourth-order valence-electron chi connectivity index (χ4n) is 2.38. The van der Waals surface area contributed by atoms with Crippen LogP contribution in [0.25, 0.3) is 0 Å². The quantitative estimate of drug-likeness (QED) is 0.813. The smallest absolute Gasteiger partial charge is 0.238 e. The number of nitrogens with one attached hydrogen (secondary N) is 1. The summed E-state index contributed by atoms with van der Waals surface area (Å²) in [5.41, 5.74) is 0.416. The van der Waals surface area contributed by atoms with Crippen LogP contribution in [-0.2, 0) is 4.79 Å². The lowest BCUT2D eigenvalue weighted by atomic mass is 9.91. The van der Waals surface area contributed by atoms with Crippen molar-refractivity contribution in [3.63, 3.8) is 0 Å². The Morgan fingerprint density at radius 2 is 2.24 bits per heavy atom. The van der Waals surface area contributed by atoms with E-state index < -0.39 is 5.82 Å². The van der Waals surface area contributed by atoms with Gasteiger partial charge in [0.25, 0.3) is 0 Å². The Balaban J connectivity index is 1.91.